The first-order chi connectivity index (χ1) is 14.4. The van der Waals surface area contributed by atoms with Gasteiger partial charge in [-0.05, 0) is 49.7 Å². The van der Waals surface area contributed by atoms with Crippen LogP contribution in [0.5, 0.6) is 0 Å². The lowest BCUT2D eigenvalue weighted by atomic mass is 10.2. The van der Waals surface area contributed by atoms with Crippen molar-refractivity contribution in [3.63, 3.8) is 0 Å². The molecule has 154 valence electrons. The molecule has 0 saturated heterocycles. The van der Waals surface area contributed by atoms with E-state index in [1.807, 2.05) is 38.1 Å². The number of hydrogen-bond acceptors (Lipinski definition) is 4. The van der Waals surface area contributed by atoms with Gasteiger partial charge in [-0.3, -0.25) is 10.6 Å². The van der Waals surface area contributed by atoms with Crippen molar-refractivity contribution in [1.29, 1.82) is 0 Å². The number of halogens is 2. The maximum absolute atomic E-state index is 12.5. The van der Waals surface area contributed by atoms with Crippen molar-refractivity contribution >= 4 is 46.8 Å². The van der Waals surface area contributed by atoms with Crippen LogP contribution in [-0.4, -0.2) is 22.0 Å². The Labute approximate surface area is 184 Å². The van der Waals surface area contributed by atoms with Gasteiger partial charge in [-0.1, -0.05) is 47.5 Å². The maximum Gasteiger partial charge on any atom is 0.326 e. The van der Waals surface area contributed by atoms with Gasteiger partial charge in [0.2, 0.25) is 11.9 Å². The van der Waals surface area contributed by atoms with Crippen molar-refractivity contribution in [3.05, 3.63) is 81.6 Å². The number of hydrogen-bond donors (Lipinski definition) is 3. The molecule has 1 aromatic heterocycles. The van der Waals surface area contributed by atoms with E-state index in [9.17, 15) is 4.79 Å². The molecule has 3 N–H and O–H groups in total. The van der Waals surface area contributed by atoms with Crippen LogP contribution < -0.4 is 16.0 Å². The van der Waals surface area contributed by atoms with E-state index in [-0.39, 0.29) is 12.5 Å². The molecule has 0 unspecified atom stereocenters. The van der Waals surface area contributed by atoms with Gasteiger partial charge in [-0.15, -0.1) is 0 Å². The van der Waals surface area contributed by atoms with Crippen molar-refractivity contribution in [2.24, 2.45) is 4.99 Å². The molecule has 0 aliphatic carbocycles. The summed E-state index contributed by atoms with van der Waals surface area (Å²) in [6.07, 6.45) is 0. The van der Waals surface area contributed by atoms with Crippen molar-refractivity contribution in [2.75, 3.05) is 10.6 Å². The summed E-state index contributed by atoms with van der Waals surface area (Å²) >= 11 is 12.2. The Morgan fingerprint density at radius 3 is 2.40 bits per heavy atom. The lowest BCUT2D eigenvalue weighted by Crippen LogP contribution is -2.39. The third kappa shape index (κ3) is 6.43. The Bertz CT molecular complexity index is 1070. The number of aromatic nitrogens is 2. The molecule has 0 atom stereocenters. The summed E-state index contributed by atoms with van der Waals surface area (Å²) in [7, 11) is 0. The second-order valence-corrected chi connectivity index (χ2v) is 7.29. The first-order valence-electron chi connectivity index (χ1n) is 9.10. The quantitative estimate of drug-likeness (QED) is 0.382. The van der Waals surface area contributed by atoms with Gasteiger partial charge in [-0.2, -0.15) is 0 Å². The molecule has 1 heterocycles. The first-order valence-corrected chi connectivity index (χ1v) is 9.85. The van der Waals surface area contributed by atoms with Crippen LogP contribution in [0.25, 0.3) is 0 Å². The van der Waals surface area contributed by atoms with Gasteiger partial charge in [0.1, 0.15) is 0 Å². The van der Waals surface area contributed by atoms with E-state index in [2.05, 4.69) is 30.9 Å². The first kappa shape index (κ1) is 21.5. The van der Waals surface area contributed by atoms with E-state index >= 15 is 0 Å². The standard InChI is InChI=1S/C21H20Cl2N6O/c1-13-10-14(2)26-20(25-13)28-19(24-12-15-6-3-4-9-18(15)23)29-21(30)27-17-8-5-7-16(22)11-17/h3-11H,12H2,1-2H3,(H3,24,25,26,27,28,29,30). The van der Waals surface area contributed by atoms with Crippen LogP contribution in [0.1, 0.15) is 17.0 Å². The molecule has 3 rings (SSSR count). The number of nitrogens with zero attached hydrogens (tertiary/aromatic N) is 3. The van der Waals surface area contributed by atoms with Crippen molar-refractivity contribution in [3.8, 4) is 0 Å². The molecule has 3 aromatic rings. The summed E-state index contributed by atoms with van der Waals surface area (Å²) in [6.45, 7) is 3.98. The molecule has 0 radical (unpaired) electrons. The molecule has 0 aliphatic heterocycles. The second-order valence-electron chi connectivity index (χ2n) is 6.45. The molecule has 0 saturated carbocycles. The van der Waals surface area contributed by atoms with Gasteiger partial charge in [0.15, 0.2) is 0 Å². The van der Waals surface area contributed by atoms with E-state index in [1.165, 1.54) is 0 Å². The molecule has 0 spiro atoms. The average Bonchev–Trinajstić information content (AvgIpc) is 2.66. The van der Waals surface area contributed by atoms with E-state index in [1.54, 1.807) is 30.3 Å². The van der Waals surface area contributed by atoms with Crippen LogP contribution in [0, 0.1) is 13.8 Å². The highest BCUT2D eigenvalue weighted by Crippen LogP contribution is 2.16. The van der Waals surface area contributed by atoms with Crippen molar-refractivity contribution < 1.29 is 4.79 Å². The average molecular weight is 443 g/mol. The minimum atomic E-state index is -0.493. The normalized spacial score (nSPS) is 11.1. The fraction of sp³-hybridized carbons (Fsp3) is 0.143. The smallest absolute Gasteiger partial charge is 0.308 e. The Hall–Kier alpha value is -3.16. The fourth-order valence-electron chi connectivity index (χ4n) is 2.63. The van der Waals surface area contributed by atoms with E-state index in [0.29, 0.717) is 21.7 Å². The third-order valence-electron chi connectivity index (χ3n) is 3.89. The summed E-state index contributed by atoms with van der Waals surface area (Å²) in [4.78, 5) is 25.6. The molecule has 30 heavy (non-hydrogen) atoms. The lowest BCUT2D eigenvalue weighted by molar-refractivity contribution is 0.256. The molecule has 0 bridgehead atoms. The number of benzene rings is 2. The number of carbonyl (C=O) groups is 1. The van der Waals surface area contributed by atoms with E-state index in [4.69, 9.17) is 23.2 Å². The SMILES string of the molecule is Cc1cc(C)nc(NC(=NCc2ccccc2Cl)NC(=O)Nc2cccc(Cl)c2)n1. The van der Waals surface area contributed by atoms with Crippen molar-refractivity contribution in [1.82, 2.24) is 15.3 Å². The number of urea groups is 1. The maximum atomic E-state index is 12.5. The van der Waals surface area contributed by atoms with Crippen molar-refractivity contribution in [2.45, 2.75) is 20.4 Å². The summed E-state index contributed by atoms with van der Waals surface area (Å²) in [5, 5.41) is 9.46. The van der Waals surface area contributed by atoms with Gasteiger partial charge in [-0.25, -0.2) is 19.8 Å². The Morgan fingerprint density at radius 1 is 0.967 bits per heavy atom. The zero-order chi connectivity index (χ0) is 21.5. The van der Waals surface area contributed by atoms with Crippen LogP contribution in [0.3, 0.4) is 0 Å². The van der Waals surface area contributed by atoms with Crippen LogP contribution >= 0.6 is 23.2 Å². The van der Waals surface area contributed by atoms with Crippen LogP contribution in [0.15, 0.2) is 59.6 Å². The summed E-state index contributed by atoms with van der Waals surface area (Å²) in [5.41, 5.74) is 2.95. The zero-order valence-corrected chi connectivity index (χ0v) is 17.9. The number of aryl methyl sites for hydroxylation is 2. The Balaban J connectivity index is 1.79. The fourth-order valence-corrected chi connectivity index (χ4v) is 3.01. The number of aliphatic imine (C=N–C) groups is 1. The number of rotatable bonds is 4. The molecular formula is C21H20Cl2N6O. The Kier molecular flexibility index (Phi) is 7.21. The number of carbonyl (C=O) groups excluding carboxylic acids is 1. The van der Waals surface area contributed by atoms with Gasteiger partial charge < -0.3 is 5.32 Å². The number of nitrogens with one attached hydrogen (secondary N) is 3. The van der Waals surface area contributed by atoms with Crippen LogP contribution in [0.2, 0.25) is 10.0 Å². The number of amides is 2. The molecule has 0 fully saturated rings. The minimum Gasteiger partial charge on any atom is -0.308 e. The number of anilines is 2. The molecule has 2 aromatic carbocycles. The summed E-state index contributed by atoms with van der Waals surface area (Å²) in [5.74, 6) is 0.507. The lowest BCUT2D eigenvalue weighted by Gasteiger charge is -2.13. The summed E-state index contributed by atoms with van der Waals surface area (Å²) in [6, 6.07) is 15.6. The molecular weight excluding hydrogens is 423 g/mol. The third-order valence-corrected chi connectivity index (χ3v) is 4.50. The highest BCUT2D eigenvalue weighted by atomic mass is 35.5. The summed E-state index contributed by atoms with van der Waals surface area (Å²) < 4.78 is 0. The topological polar surface area (TPSA) is 91.3 Å². The monoisotopic (exact) mass is 442 g/mol. The largest absolute Gasteiger partial charge is 0.326 e. The predicted octanol–water partition coefficient (Wildman–Crippen LogP) is 5.19. The predicted molar refractivity (Wildman–Crippen MR) is 121 cm³/mol. The Morgan fingerprint density at radius 2 is 1.70 bits per heavy atom. The highest BCUT2D eigenvalue weighted by molar-refractivity contribution is 6.31. The number of guanidine groups is 1. The van der Waals surface area contributed by atoms with Gasteiger partial charge in [0, 0.05) is 27.1 Å². The van der Waals surface area contributed by atoms with E-state index in [0.717, 1.165) is 17.0 Å². The highest BCUT2D eigenvalue weighted by Gasteiger charge is 2.10. The molecule has 9 heteroatoms. The van der Waals surface area contributed by atoms with Crippen LogP contribution in [-0.2, 0) is 6.54 Å². The van der Waals surface area contributed by atoms with Gasteiger partial charge >= 0.3 is 6.03 Å². The van der Waals surface area contributed by atoms with Gasteiger partial charge in [0.05, 0.1) is 6.54 Å². The van der Waals surface area contributed by atoms with Crippen LogP contribution in [0.4, 0.5) is 16.4 Å². The molecule has 7 nitrogen and oxygen atoms in total. The molecule has 0 aliphatic rings. The minimum absolute atomic E-state index is 0.180. The zero-order valence-electron chi connectivity index (χ0n) is 16.4. The van der Waals surface area contributed by atoms with E-state index < -0.39 is 6.03 Å². The van der Waals surface area contributed by atoms with Gasteiger partial charge in [0.25, 0.3) is 0 Å². The molecule has 2 amide bonds. The second kappa shape index (κ2) is 10.0.